The van der Waals surface area contributed by atoms with Crippen molar-refractivity contribution in [3.05, 3.63) is 36.2 Å². The standard InChI is InChI=1S/C14H17N3O3S/c1-2-17-12(15-16-14(17)21-10-13(18)19)8-9-20-11-6-4-3-5-7-11/h3-7H,2,8-10H2,1H3,(H,18,19). The van der Waals surface area contributed by atoms with Crippen LogP contribution in [0.2, 0.25) is 0 Å². The Balaban J connectivity index is 1.92. The molecule has 0 fully saturated rings. The first kappa shape index (κ1) is 15.4. The molecule has 1 aromatic heterocycles. The summed E-state index contributed by atoms with van der Waals surface area (Å²) >= 11 is 1.18. The molecule has 112 valence electrons. The third-order valence-electron chi connectivity index (χ3n) is 2.77. The summed E-state index contributed by atoms with van der Waals surface area (Å²) in [5.41, 5.74) is 0. The number of benzene rings is 1. The van der Waals surface area contributed by atoms with Crippen LogP contribution in [-0.2, 0) is 17.8 Å². The molecule has 0 saturated heterocycles. The van der Waals surface area contributed by atoms with Crippen LogP contribution in [0.15, 0.2) is 35.5 Å². The van der Waals surface area contributed by atoms with Crippen LogP contribution in [0.1, 0.15) is 12.7 Å². The highest BCUT2D eigenvalue weighted by atomic mass is 32.2. The van der Waals surface area contributed by atoms with Crippen LogP contribution >= 0.6 is 11.8 Å². The quantitative estimate of drug-likeness (QED) is 0.753. The zero-order valence-electron chi connectivity index (χ0n) is 11.7. The molecule has 1 N–H and O–H groups in total. The molecule has 0 amide bonds. The summed E-state index contributed by atoms with van der Waals surface area (Å²) in [6.45, 7) is 3.19. The highest BCUT2D eigenvalue weighted by molar-refractivity contribution is 7.99. The van der Waals surface area contributed by atoms with E-state index in [0.29, 0.717) is 24.7 Å². The number of carbonyl (C=O) groups is 1. The number of ether oxygens (including phenoxy) is 1. The van der Waals surface area contributed by atoms with E-state index in [0.717, 1.165) is 11.6 Å². The van der Waals surface area contributed by atoms with Gasteiger partial charge in [-0.1, -0.05) is 30.0 Å². The van der Waals surface area contributed by atoms with Gasteiger partial charge in [0.1, 0.15) is 11.6 Å². The molecule has 0 radical (unpaired) electrons. The Kier molecular flexibility index (Phi) is 5.62. The van der Waals surface area contributed by atoms with Crippen molar-refractivity contribution in [3.8, 4) is 5.75 Å². The number of rotatable bonds is 8. The van der Waals surface area contributed by atoms with Gasteiger partial charge >= 0.3 is 5.97 Å². The van der Waals surface area contributed by atoms with Crippen molar-refractivity contribution in [2.75, 3.05) is 12.4 Å². The highest BCUT2D eigenvalue weighted by Gasteiger charge is 2.12. The molecular weight excluding hydrogens is 290 g/mol. The Bertz CT molecular complexity index is 586. The first-order chi connectivity index (χ1) is 10.2. The second kappa shape index (κ2) is 7.68. The van der Waals surface area contributed by atoms with Gasteiger partial charge in [-0.05, 0) is 19.1 Å². The molecule has 0 atom stereocenters. The molecule has 0 spiro atoms. The number of carboxylic acid groups (broad SMARTS) is 1. The molecular formula is C14H17N3O3S. The average Bonchev–Trinajstić information content (AvgIpc) is 2.88. The van der Waals surface area contributed by atoms with Gasteiger partial charge in [-0.2, -0.15) is 0 Å². The SMILES string of the molecule is CCn1c(CCOc2ccccc2)nnc1SCC(=O)O. The van der Waals surface area contributed by atoms with Gasteiger partial charge in [0.25, 0.3) is 0 Å². The van der Waals surface area contributed by atoms with Crippen molar-refractivity contribution in [1.29, 1.82) is 0 Å². The molecule has 1 heterocycles. The Morgan fingerprint density at radius 3 is 2.76 bits per heavy atom. The molecule has 2 rings (SSSR count). The summed E-state index contributed by atoms with van der Waals surface area (Å²) in [7, 11) is 0. The van der Waals surface area contributed by atoms with Crippen LogP contribution < -0.4 is 4.74 Å². The predicted molar refractivity (Wildman–Crippen MR) is 79.7 cm³/mol. The Hall–Kier alpha value is -2.02. The monoisotopic (exact) mass is 307 g/mol. The van der Waals surface area contributed by atoms with Gasteiger partial charge in [0.05, 0.1) is 12.4 Å². The van der Waals surface area contributed by atoms with Crippen molar-refractivity contribution < 1.29 is 14.6 Å². The summed E-state index contributed by atoms with van der Waals surface area (Å²) < 4.78 is 7.55. The number of hydrogen-bond acceptors (Lipinski definition) is 5. The third kappa shape index (κ3) is 4.49. The van der Waals surface area contributed by atoms with Crippen LogP contribution in [0.3, 0.4) is 0 Å². The maximum absolute atomic E-state index is 10.6. The number of aromatic nitrogens is 3. The first-order valence-corrected chi connectivity index (χ1v) is 7.63. The molecule has 0 saturated carbocycles. The number of thioether (sulfide) groups is 1. The summed E-state index contributed by atoms with van der Waals surface area (Å²) in [5, 5.41) is 17.5. The zero-order valence-corrected chi connectivity index (χ0v) is 12.5. The minimum Gasteiger partial charge on any atom is -0.493 e. The van der Waals surface area contributed by atoms with Gasteiger partial charge in [0, 0.05) is 13.0 Å². The van der Waals surface area contributed by atoms with Gasteiger partial charge in [-0.25, -0.2) is 0 Å². The minimum absolute atomic E-state index is 0.0152. The minimum atomic E-state index is -0.861. The maximum atomic E-state index is 10.6. The van der Waals surface area contributed by atoms with E-state index < -0.39 is 5.97 Å². The van der Waals surface area contributed by atoms with Crippen molar-refractivity contribution >= 4 is 17.7 Å². The average molecular weight is 307 g/mol. The number of hydrogen-bond donors (Lipinski definition) is 1. The fourth-order valence-electron chi connectivity index (χ4n) is 1.83. The molecule has 2 aromatic rings. The number of para-hydroxylation sites is 1. The second-order valence-electron chi connectivity index (χ2n) is 4.24. The lowest BCUT2D eigenvalue weighted by Crippen LogP contribution is -2.09. The van der Waals surface area contributed by atoms with Crippen LogP contribution in [0.25, 0.3) is 0 Å². The van der Waals surface area contributed by atoms with E-state index in [9.17, 15) is 4.79 Å². The molecule has 0 bridgehead atoms. The van der Waals surface area contributed by atoms with E-state index in [1.165, 1.54) is 11.8 Å². The van der Waals surface area contributed by atoms with E-state index in [1.54, 1.807) is 0 Å². The smallest absolute Gasteiger partial charge is 0.313 e. The Morgan fingerprint density at radius 2 is 2.10 bits per heavy atom. The van der Waals surface area contributed by atoms with Crippen LogP contribution in [-0.4, -0.2) is 38.2 Å². The molecule has 21 heavy (non-hydrogen) atoms. The molecule has 0 aliphatic heterocycles. The molecule has 7 heteroatoms. The van der Waals surface area contributed by atoms with E-state index in [4.69, 9.17) is 9.84 Å². The van der Waals surface area contributed by atoms with Crippen molar-refractivity contribution in [1.82, 2.24) is 14.8 Å². The van der Waals surface area contributed by atoms with Crippen LogP contribution in [0.5, 0.6) is 5.75 Å². The van der Waals surface area contributed by atoms with Gasteiger partial charge in [-0.15, -0.1) is 10.2 Å². The van der Waals surface area contributed by atoms with E-state index >= 15 is 0 Å². The van der Waals surface area contributed by atoms with Gasteiger partial charge < -0.3 is 14.4 Å². The Labute approximate surface area is 127 Å². The van der Waals surface area contributed by atoms with E-state index in [-0.39, 0.29) is 5.75 Å². The summed E-state index contributed by atoms with van der Waals surface area (Å²) in [6, 6.07) is 9.58. The van der Waals surface area contributed by atoms with Crippen molar-refractivity contribution in [2.45, 2.75) is 25.0 Å². The third-order valence-corrected chi connectivity index (χ3v) is 3.72. The van der Waals surface area contributed by atoms with E-state index in [1.807, 2.05) is 41.8 Å². The molecule has 0 aliphatic carbocycles. The van der Waals surface area contributed by atoms with Gasteiger partial charge in [0.15, 0.2) is 5.16 Å². The van der Waals surface area contributed by atoms with Crippen LogP contribution in [0, 0.1) is 0 Å². The normalized spacial score (nSPS) is 10.5. The summed E-state index contributed by atoms with van der Waals surface area (Å²) in [4.78, 5) is 10.6. The first-order valence-electron chi connectivity index (χ1n) is 6.65. The molecule has 1 aromatic carbocycles. The topological polar surface area (TPSA) is 77.2 Å². The zero-order chi connectivity index (χ0) is 15.1. The fraction of sp³-hybridized carbons (Fsp3) is 0.357. The fourth-order valence-corrected chi connectivity index (χ4v) is 2.57. The largest absolute Gasteiger partial charge is 0.493 e. The molecule has 0 unspecified atom stereocenters. The number of aliphatic carboxylic acids is 1. The van der Waals surface area contributed by atoms with E-state index in [2.05, 4.69) is 10.2 Å². The summed E-state index contributed by atoms with van der Waals surface area (Å²) in [6.07, 6.45) is 0.628. The highest BCUT2D eigenvalue weighted by Crippen LogP contribution is 2.17. The lowest BCUT2D eigenvalue weighted by atomic mass is 10.3. The van der Waals surface area contributed by atoms with Gasteiger partial charge in [-0.3, -0.25) is 4.79 Å². The predicted octanol–water partition coefficient (Wildman–Crippen LogP) is 2.10. The van der Waals surface area contributed by atoms with Crippen LogP contribution in [0.4, 0.5) is 0 Å². The Morgan fingerprint density at radius 1 is 1.33 bits per heavy atom. The number of nitrogens with zero attached hydrogens (tertiary/aromatic N) is 3. The lowest BCUT2D eigenvalue weighted by Gasteiger charge is -2.08. The molecule has 0 aliphatic rings. The van der Waals surface area contributed by atoms with Crippen molar-refractivity contribution in [3.63, 3.8) is 0 Å². The number of carboxylic acids is 1. The molecule has 6 nitrogen and oxygen atoms in total. The maximum Gasteiger partial charge on any atom is 0.313 e. The summed E-state index contributed by atoms with van der Waals surface area (Å²) in [5.74, 6) is 0.750. The second-order valence-corrected chi connectivity index (χ2v) is 5.18. The lowest BCUT2D eigenvalue weighted by molar-refractivity contribution is -0.133. The van der Waals surface area contributed by atoms with Gasteiger partial charge in [0.2, 0.25) is 0 Å². The van der Waals surface area contributed by atoms with Crippen molar-refractivity contribution in [2.24, 2.45) is 0 Å².